The van der Waals surface area contributed by atoms with E-state index < -0.39 is 0 Å². The van der Waals surface area contributed by atoms with Crippen LogP contribution in [0.3, 0.4) is 0 Å². The van der Waals surface area contributed by atoms with Gasteiger partial charge in [-0.1, -0.05) is 38.1 Å². The summed E-state index contributed by atoms with van der Waals surface area (Å²) in [5.74, 6) is 2.68. The smallest absolute Gasteiger partial charge is 0.223 e. The standard InChI is InChI=1S/C25H31N3O2/c1-17(2)20-12-9-18(3)15-23(20)30-14-6-13-28-22-8-5-4-7-21(22)27-24(28)16-26-25(29)19-10-11-19/h4-5,7-9,12,15,17,19H,6,10-11,13-14,16H2,1-3H3,(H,26,29). The Labute approximate surface area is 178 Å². The predicted molar refractivity (Wildman–Crippen MR) is 120 cm³/mol. The van der Waals surface area contributed by atoms with Crippen molar-refractivity contribution in [2.24, 2.45) is 5.92 Å². The number of ether oxygens (including phenoxy) is 1. The first-order chi connectivity index (χ1) is 14.5. The summed E-state index contributed by atoms with van der Waals surface area (Å²) in [6.45, 7) is 8.40. The molecule has 158 valence electrons. The number of para-hydroxylation sites is 2. The SMILES string of the molecule is Cc1ccc(C(C)C)c(OCCCn2c(CNC(=O)C3CC3)nc3ccccc32)c1. The van der Waals surface area contributed by atoms with Crippen LogP contribution in [0, 0.1) is 12.8 Å². The van der Waals surface area contributed by atoms with Gasteiger partial charge in [-0.2, -0.15) is 0 Å². The number of nitrogens with zero attached hydrogens (tertiary/aromatic N) is 2. The zero-order valence-electron chi connectivity index (χ0n) is 18.1. The Morgan fingerprint density at radius 1 is 1.23 bits per heavy atom. The van der Waals surface area contributed by atoms with E-state index in [9.17, 15) is 4.79 Å². The second-order valence-electron chi connectivity index (χ2n) is 8.56. The molecule has 1 heterocycles. The van der Waals surface area contributed by atoms with Crippen molar-refractivity contribution >= 4 is 16.9 Å². The van der Waals surface area contributed by atoms with E-state index in [-0.39, 0.29) is 11.8 Å². The van der Waals surface area contributed by atoms with Crippen molar-refractivity contribution in [2.45, 2.75) is 59.0 Å². The van der Waals surface area contributed by atoms with Crippen LogP contribution in [0.5, 0.6) is 5.75 Å². The van der Waals surface area contributed by atoms with Gasteiger partial charge in [0.2, 0.25) is 5.91 Å². The Hall–Kier alpha value is -2.82. The molecule has 4 rings (SSSR count). The highest BCUT2D eigenvalue weighted by Crippen LogP contribution is 2.29. The average Bonchev–Trinajstić information content (AvgIpc) is 3.52. The number of imidazole rings is 1. The molecule has 3 aromatic rings. The third-order valence-corrected chi connectivity index (χ3v) is 5.68. The highest BCUT2D eigenvalue weighted by molar-refractivity contribution is 5.81. The Morgan fingerprint density at radius 2 is 2.03 bits per heavy atom. The normalized spacial score (nSPS) is 13.7. The third kappa shape index (κ3) is 4.66. The number of carbonyl (C=O) groups excluding carboxylic acids is 1. The summed E-state index contributed by atoms with van der Waals surface area (Å²) < 4.78 is 8.38. The molecule has 1 amide bonds. The van der Waals surface area contributed by atoms with Crippen LogP contribution in [0.25, 0.3) is 11.0 Å². The second-order valence-corrected chi connectivity index (χ2v) is 8.56. The molecule has 0 unspecified atom stereocenters. The molecule has 1 fully saturated rings. The third-order valence-electron chi connectivity index (χ3n) is 5.68. The van der Waals surface area contributed by atoms with Gasteiger partial charge in [0.15, 0.2) is 0 Å². The molecule has 2 aromatic carbocycles. The molecule has 1 aliphatic carbocycles. The van der Waals surface area contributed by atoms with Gasteiger partial charge in [0, 0.05) is 12.5 Å². The summed E-state index contributed by atoms with van der Waals surface area (Å²) in [6, 6.07) is 14.6. The molecule has 5 heteroatoms. The van der Waals surface area contributed by atoms with E-state index in [2.05, 4.69) is 54.9 Å². The maximum atomic E-state index is 12.1. The van der Waals surface area contributed by atoms with Crippen LogP contribution >= 0.6 is 0 Å². The van der Waals surface area contributed by atoms with Gasteiger partial charge in [0.25, 0.3) is 0 Å². The van der Waals surface area contributed by atoms with Gasteiger partial charge in [0.1, 0.15) is 11.6 Å². The number of amides is 1. The Balaban J connectivity index is 1.42. The highest BCUT2D eigenvalue weighted by Gasteiger charge is 2.29. The van der Waals surface area contributed by atoms with Crippen LogP contribution in [0.2, 0.25) is 0 Å². The molecular formula is C25H31N3O2. The van der Waals surface area contributed by atoms with Crippen molar-refractivity contribution in [3.63, 3.8) is 0 Å². The van der Waals surface area contributed by atoms with E-state index in [4.69, 9.17) is 9.72 Å². The van der Waals surface area contributed by atoms with Gasteiger partial charge in [-0.25, -0.2) is 4.98 Å². The number of nitrogens with one attached hydrogen (secondary N) is 1. The fourth-order valence-electron chi connectivity index (χ4n) is 3.81. The number of rotatable bonds is 9. The first kappa shape index (κ1) is 20.5. The van der Waals surface area contributed by atoms with E-state index in [1.165, 1.54) is 11.1 Å². The van der Waals surface area contributed by atoms with Crippen molar-refractivity contribution in [1.82, 2.24) is 14.9 Å². The van der Waals surface area contributed by atoms with E-state index in [0.29, 0.717) is 19.1 Å². The van der Waals surface area contributed by atoms with Gasteiger partial charge >= 0.3 is 0 Å². The van der Waals surface area contributed by atoms with Crippen molar-refractivity contribution in [2.75, 3.05) is 6.61 Å². The van der Waals surface area contributed by atoms with Crippen LogP contribution in [-0.4, -0.2) is 22.1 Å². The Kier molecular flexibility index (Phi) is 6.07. The molecule has 5 nitrogen and oxygen atoms in total. The largest absolute Gasteiger partial charge is 0.493 e. The summed E-state index contributed by atoms with van der Waals surface area (Å²) >= 11 is 0. The molecular weight excluding hydrogens is 374 g/mol. The van der Waals surface area contributed by atoms with E-state index in [0.717, 1.165) is 48.4 Å². The van der Waals surface area contributed by atoms with Gasteiger partial charge < -0.3 is 14.6 Å². The summed E-state index contributed by atoms with van der Waals surface area (Å²) in [6.07, 6.45) is 2.89. The maximum Gasteiger partial charge on any atom is 0.223 e. The van der Waals surface area contributed by atoms with Crippen molar-refractivity contribution < 1.29 is 9.53 Å². The Morgan fingerprint density at radius 3 is 2.80 bits per heavy atom. The molecule has 0 spiro atoms. The zero-order valence-corrected chi connectivity index (χ0v) is 18.1. The molecule has 0 aliphatic heterocycles. The highest BCUT2D eigenvalue weighted by atomic mass is 16.5. The maximum absolute atomic E-state index is 12.1. The summed E-state index contributed by atoms with van der Waals surface area (Å²) in [5, 5.41) is 3.05. The summed E-state index contributed by atoms with van der Waals surface area (Å²) in [4.78, 5) is 16.8. The first-order valence-electron chi connectivity index (χ1n) is 11.0. The minimum absolute atomic E-state index is 0.151. The molecule has 1 aromatic heterocycles. The lowest BCUT2D eigenvalue weighted by molar-refractivity contribution is -0.122. The van der Waals surface area contributed by atoms with Crippen LogP contribution in [0.4, 0.5) is 0 Å². The first-order valence-corrected chi connectivity index (χ1v) is 11.0. The van der Waals surface area contributed by atoms with E-state index in [1.54, 1.807) is 0 Å². The lowest BCUT2D eigenvalue weighted by atomic mass is 10.0. The molecule has 0 bridgehead atoms. The van der Waals surface area contributed by atoms with Crippen LogP contribution in [0.1, 0.15) is 56.0 Å². The topological polar surface area (TPSA) is 56.1 Å². The van der Waals surface area contributed by atoms with Gasteiger partial charge in [-0.05, 0) is 61.4 Å². The number of hydrogen-bond acceptors (Lipinski definition) is 3. The van der Waals surface area contributed by atoms with Gasteiger partial charge in [0.05, 0.1) is 24.2 Å². The zero-order chi connectivity index (χ0) is 21.1. The minimum Gasteiger partial charge on any atom is -0.493 e. The number of aromatic nitrogens is 2. The number of fused-ring (bicyclic) bond motifs is 1. The molecule has 1 N–H and O–H groups in total. The van der Waals surface area contributed by atoms with Crippen LogP contribution in [0.15, 0.2) is 42.5 Å². The lowest BCUT2D eigenvalue weighted by Crippen LogP contribution is -2.26. The number of hydrogen-bond donors (Lipinski definition) is 1. The predicted octanol–water partition coefficient (Wildman–Crippen LogP) is 4.96. The number of aryl methyl sites for hydroxylation is 2. The molecule has 1 aliphatic rings. The van der Waals surface area contributed by atoms with Crippen molar-refractivity contribution in [3.8, 4) is 5.75 Å². The second kappa shape index (κ2) is 8.90. The monoisotopic (exact) mass is 405 g/mol. The average molecular weight is 406 g/mol. The van der Waals surface area contributed by atoms with Gasteiger partial charge in [-0.15, -0.1) is 0 Å². The molecule has 0 saturated heterocycles. The van der Waals surface area contributed by atoms with Crippen LogP contribution < -0.4 is 10.1 Å². The quantitative estimate of drug-likeness (QED) is 0.512. The molecule has 0 atom stereocenters. The van der Waals surface area contributed by atoms with E-state index >= 15 is 0 Å². The van der Waals surface area contributed by atoms with Crippen LogP contribution in [-0.2, 0) is 17.9 Å². The molecule has 1 saturated carbocycles. The Bertz CT molecular complexity index is 1030. The van der Waals surface area contributed by atoms with Crippen molar-refractivity contribution in [1.29, 1.82) is 0 Å². The fraction of sp³-hybridized carbons (Fsp3) is 0.440. The number of benzene rings is 2. The van der Waals surface area contributed by atoms with E-state index in [1.807, 2.05) is 18.2 Å². The number of carbonyl (C=O) groups is 1. The summed E-state index contributed by atoms with van der Waals surface area (Å²) in [7, 11) is 0. The fourth-order valence-corrected chi connectivity index (χ4v) is 3.81. The molecule has 30 heavy (non-hydrogen) atoms. The summed E-state index contributed by atoms with van der Waals surface area (Å²) in [5.41, 5.74) is 4.53. The minimum atomic E-state index is 0.151. The van der Waals surface area contributed by atoms with Gasteiger partial charge in [-0.3, -0.25) is 4.79 Å². The lowest BCUT2D eigenvalue weighted by Gasteiger charge is -2.15. The molecule has 0 radical (unpaired) electrons. The van der Waals surface area contributed by atoms with Crippen molar-refractivity contribution in [3.05, 3.63) is 59.4 Å².